The normalized spacial score (nSPS) is 10.4. The van der Waals surface area contributed by atoms with E-state index < -0.39 is 10.9 Å². The first-order chi connectivity index (χ1) is 9.81. The Hall–Kier alpha value is -2.61. The Kier molecular flexibility index (Phi) is 3.81. The highest BCUT2D eigenvalue weighted by molar-refractivity contribution is 6.32. The molecule has 0 bridgehead atoms. The molecule has 8 nitrogen and oxygen atoms in total. The number of hydrogen-bond acceptors (Lipinski definition) is 5. The van der Waals surface area contributed by atoms with Crippen molar-refractivity contribution in [3.8, 4) is 11.6 Å². The van der Waals surface area contributed by atoms with Crippen molar-refractivity contribution >= 4 is 23.3 Å². The van der Waals surface area contributed by atoms with Gasteiger partial charge in [-0.05, 0) is 13.0 Å². The SMILES string of the molecule is Cc1nn(C)c(Oc2ccc([N+](=O)[O-])cc2Cl)c1C(=O)O. The van der Waals surface area contributed by atoms with Crippen LogP contribution in [0.15, 0.2) is 18.2 Å². The van der Waals surface area contributed by atoms with Crippen LogP contribution in [0, 0.1) is 17.0 Å². The fourth-order valence-corrected chi connectivity index (χ4v) is 2.00. The molecule has 1 heterocycles. The highest BCUT2D eigenvalue weighted by Crippen LogP contribution is 2.34. The molecule has 2 aromatic rings. The Morgan fingerprint density at radius 2 is 2.19 bits per heavy atom. The molecule has 0 unspecified atom stereocenters. The molecular weight excluding hydrogens is 302 g/mol. The zero-order valence-electron chi connectivity index (χ0n) is 11.0. The zero-order chi connectivity index (χ0) is 15.7. The number of benzene rings is 1. The Bertz CT molecular complexity index is 741. The molecule has 0 spiro atoms. The number of carboxylic acids is 1. The molecule has 1 N–H and O–H groups in total. The number of rotatable bonds is 4. The number of aromatic carboxylic acids is 1. The third-order valence-corrected chi connectivity index (χ3v) is 3.01. The maximum absolute atomic E-state index is 11.2. The molecule has 0 atom stereocenters. The molecule has 0 saturated heterocycles. The van der Waals surface area contributed by atoms with Gasteiger partial charge in [0.15, 0.2) is 0 Å². The number of nitrogens with zero attached hydrogens (tertiary/aromatic N) is 3. The number of hydrogen-bond donors (Lipinski definition) is 1. The molecule has 0 aliphatic carbocycles. The first kappa shape index (κ1) is 14.8. The van der Waals surface area contributed by atoms with Crippen molar-refractivity contribution in [3.63, 3.8) is 0 Å². The third-order valence-electron chi connectivity index (χ3n) is 2.72. The largest absolute Gasteiger partial charge is 0.477 e. The van der Waals surface area contributed by atoms with E-state index in [9.17, 15) is 14.9 Å². The molecule has 21 heavy (non-hydrogen) atoms. The highest BCUT2D eigenvalue weighted by Gasteiger charge is 2.22. The minimum atomic E-state index is -1.19. The summed E-state index contributed by atoms with van der Waals surface area (Å²) in [6, 6.07) is 3.64. The number of aromatic nitrogens is 2. The van der Waals surface area contributed by atoms with Gasteiger partial charge in [0, 0.05) is 19.2 Å². The molecule has 110 valence electrons. The van der Waals surface area contributed by atoms with Gasteiger partial charge in [-0.3, -0.25) is 10.1 Å². The number of nitro groups is 1. The van der Waals surface area contributed by atoms with Crippen LogP contribution in [-0.4, -0.2) is 25.8 Å². The van der Waals surface area contributed by atoms with Gasteiger partial charge in [0.1, 0.15) is 11.3 Å². The first-order valence-electron chi connectivity index (χ1n) is 5.70. The van der Waals surface area contributed by atoms with Crippen molar-refractivity contribution in [2.75, 3.05) is 0 Å². The lowest BCUT2D eigenvalue weighted by atomic mass is 10.2. The summed E-state index contributed by atoms with van der Waals surface area (Å²) in [7, 11) is 1.52. The van der Waals surface area contributed by atoms with Crippen molar-refractivity contribution in [3.05, 3.63) is 44.6 Å². The number of non-ortho nitro benzene ring substituents is 1. The number of nitro benzene ring substituents is 1. The monoisotopic (exact) mass is 311 g/mol. The van der Waals surface area contributed by atoms with E-state index in [1.165, 1.54) is 30.8 Å². The number of carbonyl (C=O) groups is 1. The van der Waals surface area contributed by atoms with Crippen LogP contribution in [0.25, 0.3) is 0 Å². The van der Waals surface area contributed by atoms with Gasteiger partial charge in [-0.25, -0.2) is 9.48 Å². The third kappa shape index (κ3) is 2.79. The second kappa shape index (κ2) is 5.41. The molecule has 1 aromatic heterocycles. The summed E-state index contributed by atoms with van der Waals surface area (Å²) < 4.78 is 6.71. The smallest absolute Gasteiger partial charge is 0.343 e. The second-order valence-corrected chi connectivity index (χ2v) is 4.58. The van der Waals surface area contributed by atoms with E-state index in [0.29, 0.717) is 0 Å². The molecule has 2 rings (SSSR count). The van der Waals surface area contributed by atoms with E-state index in [4.69, 9.17) is 21.4 Å². The Morgan fingerprint density at radius 3 is 2.71 bits per heavy atom. The summed E-state index contributed by atoms with van der Waals surface area (Å²) >= 11 is 5.91. The van der Waals surface area contributed by atoms with Crippen molar-refractivity contribution < 1.29 is 19.6 Å². The van der Waals surface area contributed by atoms with E-state index >= 15 is 0 Å². The molecule has 0 fully saturated rings. The van der Waals surface area contributed by atoms with Crippen molar-refractivity contribution in [1.29, 1.82) is 0 Å². The quantitative estimate of drug-likeness (QED) is 0.687. The van der Waals surface area contributed by atoms with E-state index in [1.54, 1.807) is 0 Å². The van der Waals surface area contributed by atoms with Gasteiger partial charge in [0.25, 0.3) is 5.69 Å². The Morgan fingerprint density at radius 1 is 1.52 bits per heavy atom. The van der Waals surface area contributed by atoms with Gasteiger partial charge in [-0.15, -0.1) is 0 Å². The van der Waals surface area contributed by atoms with Crippen LogP contribution >= 0.6 is 11.6 Å². The van der Waals surface area contributed by atoms with E-state index in [-0.39, 0.29) is 33.6 Å². The lowest BCUT2D eigenvalue weighted by Gasteiger charge is -2.08. The highest BCUT2D eigenvalue weighted by atomic mass is 35.5. The van der Waals surface area contributed by atoms with Crippen LogP contribution in [-0.2, 0) is 7.05 Å². The fourth-order valence-electron chi connectivity index (χ4n) is 1.79. The summed E-state index contributed by atoms with van der Waals surface area (Å²) in [4.78, 5) is 21.3. The van der Waals surface area contributed by atoms with Gasteiger partial charge in [0.05, 0.1) is 15.6 Å². The maximum Gasteiger partial charge on any atom is 0.343 e. The van der Waals surface area contributed by atoms with Crippen LogP contribution in [0.1, 0.15) is 16.1 Å². The van der Waals surface area contributed by atoms with Crippen LogP contribution in [0.4, 0.5) is 5.69 Å². The number of ether oxygens (including phenoxy) is 1. The predicted octanol–water partition coefficient (Wildman–Crippen LogP) is 2.78. The molecule has 0 aliphatic heterocycles. The molecular formula is C12H10ClN3O5. The average molecular weight is 312 g/mol. The van der Waals surface area contributed by atoms with Crippen LogP contribution in [0.5, 0.6) is 11.6 Å². The molecule has 0 amide bonds. The fraction of sp³-hybridized carbons (Fsp3) is 0.167. The summed E-state index contributed by atoms with van der Waals surface area (Å²) in [6.07, 6.45) is 0. The second-order valence-electron chi connectivity index (χ2n) is 4.17. The van der Waals surface area contributed by atoms with Gasteiger partial charge in [-0.2, -0.15) is 5.10 Å². The maximum atomic E-state index is 11.2. The lowest BCUT2D eigenvalue weighted by Crippen LogP contribution is -2.02. The summed E-state index contributed by atoms with van der Waals surface area (Å²) in [5.41, 5.74) is 0.0111. The lowest BCUT2D eigenvalue weighted by molar-refractivity contribution is -0.384. The average Bonchev–Trinajstić information content (AvgIpc) is 2.66. The van der Waals surface area contributed by atoms with Crippen molar-refractivity contribution in [2.24, 2.45) is 7.05 Å². The first-order valence-corrected chi connectivity index (χ1v) is 6.07. The molecule has 0 saturated carbocycles. The number of aryl methyl sites for hydroxylation is 2. The summed E-state index contributed by atoms with van der Waals surface area (Å²) in [5, 5.41) is 23.8. The van der Waals surface area contributed by atoms with Crippen LogP contribution < -0.4 is 4.74 Å². The van der Waals surface area contributed by atoms with Crippen molar-refractivity contribution in [1.82, 2.24) is 9.78 Å². The van der Waals surface area contributed by atoms with E-state index in [1.807, 2.05) is 0 Å². The minimum absolute atomic E-state index is 0.000563. The van der Waals surface area contributed by atoms with Crippen LogP contribution in [0.2, 0.25) is 5.02 Å². The van der Waals surface area contributed by atoms with Crippen molar-refractivity contribution in [2.45, 2.75) is 6.92 Å². The summed E-state index contributed by atoms with van der Waals surface area (Å²) in [5.74, 6) is -1.09. The van der Waals surface area contributed by atoms with Crippen LogP contribution in [0.3, 0.4) is 0 Å². The van der Waals surface area contributed by atoms with Gasteiger partial charge in [0.2, 0.25) is 5.88 Å². The number of carboxylic acid groups (broad SMARTS) is 1. The molecule has 0 radical (unpaired) electrons. The topological polar surface area (TPSA) is 107 Å². The molecule has 1 aromatic carbocycles. The minimum Gasteiger partial charge on any atom is -0.477 e. The molecule has 0 aliphatic rings. The van der Waals surface area contributed by atoms with Gasteiger partial charge >= 0.3 is 5.97 Å². The van der Waals surface area contributed by atoms with E-state index in [2.05, 4.69) is 5.10 Å². The zero-order valence-corrected chi connectivity index (χ0v) is 11.8. The van der Waals surface area contributed by atoms with Gasteiger partial charge < -0.3 is 9.84 Å². The van der Waals surface area contributed by atoms with E-state index in [0.717, 1.165) is 6.07 Å². The standard InChI is InChI=1S/C12H10ClN3O5/c1-6-10(12(17)18)11(15(2)14-6)21-9-4-3-7(16(19)20)5-8(9)13/h3-5H,1-2H3,(H,17,18). The Balaban J connectivity index is 2.44. The molecule has 9 heteroatoms. The van der Waals surface area contributed by atoms with Gasteiger partial charge in [-0.1, -0.05) is 11.6 Å². The predicted molar refractivity (Wildman–Crippen MR) is 73.1 cm³/mol. The summed E-state index contributed by atoms with van der Waals surface area (Å²) in [6.45, 7) is 1.54. The Labute approximate surface area is 123 Å². The number of halogens is 1.